The molecule has 0 fully saturated rings. The molecule has 0 aliphatic carbocycles. The molecule has 1 N–H and O–H groups in total. The second-order valence-electron chi connectivity index (χ2n) is 13.9. The lowest BCUT2D eigenvalue weighted by molar-refractivity contribution is 0.120. The van der Waals surface area contributed by atoms with Crippen molar-refractivity contribution in [2.75, 3.05) is 0 Å². The molecule has 3 nitrogen and oxygen atoms in total. The summed E-state index contributed by atoms with van der Waals surface area (Å²) >= 11 is 0. The number of hydrogen-bond donors (Lipinski definition) is 1. The first-order valence-corrected chi connectivity index (χ1v) is 13.4. The standard InChI is InChI=1S/C30H45O3P/c1-26(2,3)20-14-16-22(24(18-20)28(7,8)9)30(13,33-34(31)32)23-17-15-21(27(4,5)6)19-25(23)29(10,11)12/h14-19H,1-13H3/p+1. The Morgan fingerprint density at radius 2 is 0.882 bits per heavy atom. The lowest BCUT2D eigenvalue weighted by atomic mass is 9.70. The number of rotatable bonds is 4. The fraction of sp³-hybridized carbons (Fsp3) is 0.600. The van der Waals surface area contributed by atoms with E-state index >= 15 is 0 Å². The van der Waals surface area contributed by atoms with Crippen LogP contribution in [-0.4, -0.2) is 4.89 Å². The highest BCUT2D eigenvalue weighted by atomic mass is 31.1. The summed E-state index contributed by atoms with van der Waals surface area (Å²) in [6, 6.07) is 13.0. The van der Waals surface area contributed by atoms with Crippen LogP contribution >= 0.6 is 8.25 Å². The zero-order valence-corrected chi connectivity index (χ0v) is 24.6. The molecule has 0 amide bonds. The molecule has 0 saturated carbocycles. The molecule has 0 bridgehead atoms. The first-order chi connectivity index (χ1) is 15.1. The van der Waals surface area contributed by atoms with Gasteiger partial charge in [-0.15, -0.1) is 9.42 Å². The van der Waals surface area contributed by atoms with Crippen molar-refractivity contribution in [1.29, 1.82) is 0 Å². The molecule has 0 radical (unpaired) electrons. The maximum atomic E-state index is 12.3. The van der Waals surface area contributed by atoms with Crippen molar-refractivity contribution in [3.63, 3.8) is 0 Å². The first kappa shape index (κ1) is 28.7. The van der Waals surface area contributed by atoms with Crippen LogP contribution in [0.4, 0.5) is 0 Å². The topological polar surface area (TPSA) is 46.5 Å². The predicted molar refractivity (Wildman–Crippen MR) is 145 cm³/mol. The molecule has 2 rings (SSSR count). The normalized spacial score (nSPS) is 14.4. The van der Waals surface area contributed by atoms with Gasteiger partial charge in [0.25, 0.3) is 0 Å². The minimum Gasteiger partial charge on any atom is -0.133 e. The van der Waals surface area contributed by atoms with Crippen LogP contribution in [0.25, 0.3) is 0 Å². The Hall–Kier alpha value is -1.54. The van der Waals surface area contributed by atoms with Crippen molar-refractivity contribution in [3.05, 3.63) is 69.8 Å². The number of hydrogen-bond acceptors (Lipinski definition) is 2. The van der Waals surface area contributed by atoms with Crippen LogP contribution in [0.5, 0.6) is 0 Å². The van der Waals surface area contributed by atoms with Gasteiger partial charge in [-0.2, -0.15) is 0 Å². The third kappa shape index (κ3) is 6.17. The molecule has 0 aromatic heterocycles. The third-order valence-electron chi connectivity index (χ3n) is 6.68. The Morgan fingerprint density at radius 1 is 0.559 bits per heavy atom. The van der Waals surface area contributed by atoms with Crippen LogP contribution in [0.15, 0.2) is 36.4 Å². The highest BCUT2D eigenvalue weighted by molar-refractivity contribution is 7.32. The van der Waals surface area contributed by atoms with Gasteiger partial charge in [-0.05, 0) is 62.0 Å². The van der Waals surface area contributed by atoms with E-state index in [1.54, 1.807) is 0 Å². The van der Waals surface area contributed by atoms with Gasteiger partial charge >= 0.3 is 8.25 Å². The average Bonchev–Trinajstić information content (AvgIpc) is 2.63. The summed E-state index contributed by atoms with van der Waals surface area (Å²) in [7, 11) is -2.84. The van der Waals surface area contributed by atoms with Crippen LogP contribution in [0.2, 0.25) is 0 Å². The van der Waals surface area contributed by atoms with Gasteiger partial charge in [0.1, 0.15) is 0 Å². The highest BCUT2D eigenvalue weighted by Crippen LogP contribution is 2.48. The van der Waals surface area contributed by atoms with E-state index in [0.717, 1.165) is 22.3 Å². The Bertz CT molecular complexity index is 979. The summed E-state index contributed by atoms with van der Waals surface area (Å²) in [5.41, 5.74) is 5.08. The van der Waals surface area contributed by atoms with E-state index in [0.29, 0.717) is 0 Å². The Labute approximate surface area is 209 Å². The van der Waals surface area contributed by atoms with E-state index in [4.69, 9.17) is 4.52 Å². The molecule has 4 heteroatoms. The minimum absolute atomic E-state index is 0.0111. The van der Waals surface area contributed by atoms with Crippen LogP contribution in [0.3, 0.4) is 0 Å². The van der Waals surface area contributed by atoms with E-state index in [-0.39, 0.29) is 21.7 Å². The van der Waals surface area contributed by atoms with Crippen molar-refractivity contribution in [3.8, 4) is 0 Å². The molecule has 188 valence electrons. The second kappa shape index (κ2) is 9.16. The van der Waals surface area contributed by atoms with E-state index in [1.165, 1.54) is 11.1 Å². The summed E-state index contributed by atoms with van der Waals surface area (Å²) in [6.45, 7) is 28.3. The van der Waals surface area contributed by atoms with Gasteiger partial charge in [-0.1, -0.05) is 119 Å². The molecule has 0 aliphatic rings. The molecular formula is C30H46O3P+. The van der Waals surface area contributed by atoms with Gasteiger partial charge in [0.05, 0.1) is 0 Å². The lowest BCUT2D eigenvalue weighted by Crippen LogP contribution is -2.33. The highest BCUT2D eigenvalue weighted by Gasteiger charge is 2.45. The first-order valence-electron chi connectivity index (χ1n) is 12.2. The molecule has 2 aromatic rings. The van der Waals surface area contributed by atoms with Crippen molar-refractivity contribution < 1.29 is 14.0 Å². The van der Waals surface area contributed by atoms with E-state index in [1.807, 2.05) is 6.92 Å². The average molecular weight is 486 g/mol. The van der Waals surface area contributed by atoms with Gasteiger partial charge in [0.15, 0.2) is 5.60 Å². The molecule has 0 heterocycles. The maximum Gasteiger partial charge on any atom is 0.695 e. The fourth-order valence-corrected chi connectivity index (χ4v) is 5.00. The Morgan fingerprint density at radius 3 is 1.12 bits per heavy atom. The number of benzene rings is 2. The molecule has 1 atom stereocenters. The quantitative estimate of drug-likeness (QED) is 0.440. The largest absolute Gasteiger partial charge is 0.695 e. The van der Waals surface area contributed by atoms with Gasteiger partial charge in [0, 0.05) is 4.57 Å². The summed E-state index contributed by atoms with van der Waals surface area (Å²) in [4.78, 5) is 10.1. The predicted octanol–water partition coefficient (Wildman–Crippen LogP) is 8.81. The van der Waals surface area contributed by atoms with Gasteiger partial charge in [-0.3, -0.25) is 0 Å². The molecule has 0 aliphatic heterocycles. The second-order valence-corrected chi connectivity index (χ2v) is 14.5. The lowest BCUT2D eigenvalue weighted by Gasteiger charge is -2.37. The summed E-state index contributed by atoms with van der Waals surface area (Å²) < 4.78 is 18.3. The SMILES string of the molecule is CC(C)(C)c1ccc(C(C)(O[P+](=O)O)c2ccc(C(C)(C)C)cc2C(C)(C)C)c(C(C)(C)C)c1. The van der Waals surface area contributed by atoms with Crippen molar-refractivity contribution in [1.82, 2.24) is 0 Å². The smallest absolute Gasteiger partial charge is 0.133 e. The molecule has 0 spiro atoms. The van der Waals surface area contributed by atoms with Gasteiger partial charge in [-0.25, -0.2) is 0 Å². The summed E-state index contributed by atoms with van der Waals surface area (Å²) in [6.07, 6.45) is 0. The van der Waals surface area contributed by atoms with Crippen LogP contribution < -0.4 is 0 Å². The summed E-state index contributed by atoms with van der Waals surface area (Å²) in [5.74, 6) is 0. The van der Waals surface area contributed by atoms with Crippen LogP contribution in [-0.2, 0) is 36.3 Å². The molecule has 0 saturated heterocycles. The fourth-order valence-electron chi connectivity index (χ4n) is 4.49. The zero-order chi connectivity index (χ0) is 26.5. The summed E-state index contributed by atoms with van der Waals surface area (Å²) in [5, 5.41) is 0. The van der Waals surface area contributed by atoms with Gasteiger partial charge in [0.2, 0.25) is 0 Å². The molecule has 2 aromatic carbocycles. The van der Waals surface area contributed by atoms with Gasteiger partial charge < -0.3 is 0 Å². The Balaban J connectivity index is 3.00. The zero-order valence-electron chi connectivity index (χ0n) is 23.7. The van der Waals surface area contributed by atoms with Crippen molar-refractivity contribution >= 4 is 8.25 Å². The molecular weight excluding hydrogens is 439 g/mol. The van der Waals surface area contributed by atoms with Crippen molar-refractivity contribution in [2.45, 2.75) is 117 Å². The van der Waals surface area contributed by atoms with Crippen molar-refractivity contribution in [2.24, 2.45) is 0 Å². The molecule has 1 unspecified atom stereocenters. The van der Waals surface area contributed by atoms with E-state index < -0.39 is 13.9 Å². The van der Waals surface area contributed by atoms with E-state index in [9.17, 15) is 9.46 Å². The van der Waals surface area contributed by atoms with Crippen LogP contribution in [0.1, 0.15) is 123 Å². The maximum absolute atomic E-state index is 12.3. The third-order valence-corrected chi connectivity index (χ3v) is 7.20. The minimum atomic E-state index is -2.84. The van der Waals surface area contributed by atoms with E-state index in [2.05, 4.69) is 119 Å². The monoisotopic (exact) mass is 485 g/mol. The molecule has 34 heavy (non-hydrogen) atoms. The Kier molecular flexibility index (Phi) is 7.73. The van der Waals surface area contributed by atoms with Crippen LogP contribution in [0, 0.1) is 0 Å².